The first-order chi connectivity index (χ1) is 17.1. The van der Waals surface area contributed by atoms with E-state index in [1.807, 2.05) is 12.1 Å². The van der Waals surface area contributed by atoms with Crippen LogP contribution in [-0.4, -0.2) is 45.9 Å². The number of amides is 2. The van der Waals surface area contributed by atoms with Gasteiger partial charge in [0, 0.05) is 24.7 Å². The van der Waals surface area contributed by atoms with Gasteiger partial charge in [-0.1, -0.05) is 53.0 Å². The summed E-state index contributed by atoms with van der Waals surface area (Å²) in [4.78, 5) is 28.3. The largest absolute Gasteiger partial charge is 0.505 e. The fourth-order valence-electron chi connectivity index (χ4n) is 3.58. The lowest BCUT2D eigenvalue weighted by atomic mass is 9.99. The number of nitrogens with zero attached hydrogens (tertiary/aromatic N) is 2. The molecule has 0 atom stereocenters. The molecule has 1 saturated heterocycles. The van der Waals surface area contributed by atoms with E-state index in [4.69, 9.17) is 51.8 Å². The van der Waals surface area contributed by atoms with Crippen LogP contribution >= 0.6 is 47.0 Å². The molecular weight excluding hydrogens is 543 g/mol. The van der Waals surface area contributed by atoms with Crippen molar-refractivity contribution in [1.29, 1.82) is 0 Å². The molecule has 36 heavy (non-hydrogen) atoms. The molecule has 1 aliphatic heterocycles. The number of benzene rings is 3. The molecule has 1 N–H and O–H groups in total. The van der Waals surface area contributed by atoms with Gasteiger partial charge in [0.05, 0.1) is 10.0 Å². The van der Waals surface area contributed by atoms with Crippen molar-refractivity contribution in [2.45, 2.75) is 6.61 Å². The first kappa shape index (κ1) is 26.0. The van der Waals surface area contributed by atoms with E-state index in [0.29, 0.717) is 27.5 Å². The molecule has 0 aromatic heterocycles. The quantitative estimate of drug-likeness (QED) is 0.228. The molecular formula is C26H19Cl3N2O4S. The molecule has 1 fully saturated rings. The fourth-order valence-corrected chi connectivity index (χ4v) is 4.36. The molecule has 0 aliphatic carbocycles. The van der Waals surface area contributed by atoms with E-state index in [2.05, 4.69) is 0 Å². The van der Waals surface area contributed by atoms with Crippen molar-refractivity contribution >= 4 is 70.0 Å². The minimum Gasteiger partial charge on any atom is -0.505 e. The first-order valence-electron chi connectivity index (χ1n) is 10.6. The van der Waals surface area contributed by atoms with Gasteiger partial charge in [0.25, 0.3) is 11.8 Å². The van der Waals surface area contributed by atoms with Crippen LogP contribution in [0, 0.1) is 0 Å². The molecule has 0 bridgehead atoms. The van der Waals surface area contributed by atoms with E-state index in [9.17, 15) is 14.7 Å². The molecule has 3 aromatic carbocycles. The molecule has 1 aliphatic rings. The number of halogens is 3. The summed E-state index contributed by atoms with van der Waals surface area (Å²) in [5.41, 5.74) is 2.60. The Morgan fingerprint density at radius 3 is 2.06 bits per heavy atom. The summed E-state index contributed by atoms with van der Waals surface area (Å²) in [5, 5.41) is 10.8. The summed E-state index contributed by atoms with van der Waals surface area (Å²) in [7, 11) is 3.02. The number of phenolic OH excluding ortho intramolecular Hbond substituents is 1. The highest BCUT2D eigenvalue weighted by Crippen LogP contribution is 2.38. The SMILES string of the molecule is CN1C(=O)C(=Cc2cc(-c3cc(Cl)c(O)c(Cl)c3)ccc2OCc2ccc(Cl)cc2)C(=O)N(C)C1=S. The highest BCUT2D eigenvalue weighted by molar-refractivity contribution is 7.80. The Morgan fingerprint density at radius 2 is 1.47 bits per heavy atom. The summed E-state index contributed by atoms with van der Waals surface area (Å²) in [5.74, 6) is -0.815. The Kier molecular flexibility index (Phi) is 7.57. The summed E-state index contributed by atoms with van der Waals surface area (Å²) in [6, 6.07) is 15.6. The normalized spacial score (nSPS) is 13.9. The average Bonchev–Trinajstić information content (AvgIpc) is 2.87. The van der Waals surface area contributed by atoms with Gasteiger partial charge < -0.3 is 9.84 Å². The van der Waals surface area contributed by atoms with Gasteiger partial charge >= 0.3 is 0 Å². The summed E-state index contributed by atoms with van der Waals surface area (Å²) >= 11 is 23.4. The van der Waals surface area contributed by atoms with Gasteiger partial charge in [0.1, 0.15) is 17.9 Å². The maximum absolute atomic E-state index is 12.9. The molecule has 0 unspecified atom stereocenters. The van der Waals surface area contributed by atoms with Crippen LogP contribution in [0.25, 0.3) is 17.2 Å². The number of phenols is 1. The Hall–Kier alpha value is -3.10. The zero-order chi connectivity index (χ0) is 26.1. The number of carbonyl (C=O) groups is 2. The van der Waals surface area contributed by atoms with Crippen molar-refractivity contribution in [2.24, 2.45) is 0 Å². The smallest absolute Gasteiger partial charge is 0.265 e. The van der Waals surface area contributed by atoms with Crippen LogP contribution < -0.4 is 4.74 Å². The van der Waals surface area contributed by atoms with E-state index in [0.717, 1.165) is 5.56 Å². The van der Waals surface area contributed by atoms with Crippen molar-refractivity contribution in [1.82, 2.24) is 9.80 Å². The van der Waals surface area contributed by atoms with Crippen molar-refractivity contribution < 1.29 is 19.4 Å². The van der Waals surface area contributed by atoms with Crippen LogP contribution in [-0.2, 0) is 16.2 Å². The predicted molar refractivity (Wildman–Crippen MR) is 145 cm³/mol. The van der Waals surface area contributed by atoms with E-state index >= 15 is 0 Å². The number of ether oxygens (including phenoxy) is 1. The minimum absolute atomic E-state index is 0.0659. The lowest BCUT2D eigenvalue weighted by Crippen LogP contribution is -2.52. The van der Waals surface area contributed by atoms with Gasteiger partial charge in [-0.3, -0.25) is 19.4 Å². The van der Waals surface area contributed by atoms with E-state index in [1.54, 1.807) is 42.5 Å². The fraction of sp³-hybridized carbons (Fsp3) is 0.115. The monoisotopic (exact) mass is 560 g/mol. The lowest BCUT2D eigenvalue weighted by Gasteiger charge is -2.31. The van der Waals surface area contributed by atoms with E-state index < -0.39 is 11.8 Å². The number of rotatable bonds is 5. The second-order valence-corrected chi connectivity index (χ2v) is 9.64. The maximum atomic E-state index is 12.9. The van der Waals surface area contributed by atoms with Crippen LogP contribution in [0.1, 0.15) is 11.1 Å². The number of carbonyl (C=O) groups excluding carboxylic acids is 2. The minimum atomic E-state index is -0.520. The summed E-state index contributed by atoms with van der Waals surface area (Å²) in [6.45, 7) is 0.231. The van der Waals surface area contributed by atoms with Crippen LogP contribution in [0.5, 0.6) is 11.5 Å². The molecule has 184 valence electrons. The zero-order valence-corrected chi connectivity index (χ0v) is 22.2. The van der Waals surface area contributed by atoms with Crippen molar-refractivity contribution in [3.63, 3.8) is 0 Å². The third-order valence-corrected chi connectivity index (χ3v) is 6.99. The highest BCUT2D eigenvalue weighted by atomic mass is 35.5. The molecule has 3 aromatic rings. The van der Waals surface area contributed by atoms with Gasteiger partial charge in [-0.2, -0.15) is 0 Å². The first-order valence-corrected chi connectivity index (χ1v) is 12.1. The second-order valence-electron chi connectivity index (χ2n) is 8.03. The number of thiocarbonyl (C=S) groups is 1. The third-order valence-electron chi connectivity index (χ3n) is 5.61. The summed E-state index contributed by atoms with van der Waals surface area (Å²) < 4.78 is 6.05. The Morgan fingerprint density at radius 1 is 0.889 bits per heavy atom. The van der Waals surface area contributed by atoms with Crippen molar-refractivity contribution in [2.75, 3.05) is 14.1 Å². The molecule has 10 heteroatoms. The molecule has 0 radical (unpaired) electrons. The molecule has 6 nitrogen and oxygen atoms in total. The van der Waals surface area contributed by atoms with E-state index in [1.165, 1.54) is 30.0 Å². The Bertz CT molecular complexity index is 1370. The maximum Gasteiger partial charge on any atom is 0.265 e. The van der Waals surface area contributed by atoms with E-state index in [-0.39, 0.29) is 33.1 Å². The molecule has 0 saturated carbocycles. The van der Waals surface area contributed by atoms with Crippen LogP contribution in [0.15, 0.2) is 60.2 Å². The second kappa shape index (κ2) is 10.5. The molecule has 1 heterocycles. The van der Waals surface area contributed by atoms with Crippen LogP contribution in [0.4, 0.5) is 0 Å². The molecule has 0 spiro atoms. The van der Waals surface area contributed by atoms with Crippen molar-refractivity contribution in [3.05, 3.63) is 86.4 Å². The standard InChI is InChI=1S/C26H19Cl3N2O4S/c1-30-24(33)19(25(34)31(2)26(30)36)10-17-9-15(16-11-20(28)23(32)21(29)12-16)5-8-22(17)35-13-14-3-6-18(27)7-4-14/h3-12,32H,13H2,1-2H3. The van der Waals surface area contributed by atoms with Gasteiger partial charge in [0.15, 0.2) is 10.9 Å². The molecule has 2 amide bonds. The number of hydrogen-bond acceptors (Lipinski definition) is 5. The zero-order valence-electron chi connectivity index (χ0n) is 19.1. The van der Waals surface area contributed by atoms with Gasteiger partial charge in [-0.05, 0) is 71.4 Å². The van der Waals surface area contributed by atoms with Crippen LogP contribution in [0.2, 0.25) is 15.1 Å². The average molecular weight is 562 g/mol. The number of likely N-dealkylation sites (N-methyl/N-ethyl adjacent to an activating group) is 2. The van der Waals surface area contributed by atoms with Gasteiger partial charge in [-0.15, -0.1) is 0 Å². The third kappa shape index (κ3) is 5.20. The molecule has 4 rings (SSSR count). The van der Waals surface area contributed by atoms with Crippen molar-refractivity contribution in [3.8, 4) is 22.6 Å². The number of aromatic hydroxyl groups is 1. The highest BCUT2D eigenvalue weighted by Gasteiger charge is 2.35. The van der Waals surface area contributed by atoms with Crippen LogP contribution in [0.3, 0.4) is 0 Å². The Balaban J connectivity index is 1.79. The Labute approximate surface area is 228 Å². The topological polar surface area (TPSA) is 70.1 Å². The number of hydrogen-bond donors (Lipinski definition) is 1. The van der Waals surface area contributed by atoms with Gasteiger partial charge in [-0.25, -0.2) is 0 Å². The summed E-state index contributed by atoms with van der Waals surface area (Å²) in [6.07, 6.45) is 1.48. The lowest BCUT2D eigenvalue weighted by molar-refractivity contribution is -0.132. The predicted octanol–water partition coefficient (Wildman–Crippen LogP) is 6.20. The van der Waals surface area contributed by atoms with Gasteiger partial charge in [0.2, 0.25) is 0 Å².